The molecule has 1 aliphatic rings. The molecule has 1 heterocycles. The minimum absolute atomic E-state index is 0.537. The van der Waals surface area contributed by atoms with Crippen LogP contribution in [0.25, 0.3) is 0 Å². The van der Waals surface area contributed by atoms with Crippen LogP contribution < -0.4 is 5.32 Å². The molecule has 0 aliphatic carbocycles. The summed E-state index contributed by atoms with van der Waals surface area (Å²) >= 11 is 0. The normalized spacial score (nSPS) is 17.9. The number of hydrogen-bond acceptors (Lipinski definition) is 3. The molecule has 4 heteroatoms. The van der Waals surface area contributed by atoms with Crippen LogP contribution in [-0.4, -0.2) is 24.2 Å². The van der Waals surface area contributed by atoms with Gasteiger partial charge in [0.15, 0.2) is 0 Å². The molecular weight excluding hydrogens is 228 g/mol. The monoisotopic (exact) mass is 244 g/mol. The minimum Gasteiger partial charge on any atom is -0.481 e. The number of carbonyl (C=O) groups is 1. The number of nitrogens with one attached hydrogen (secondary N) is 1. The summed E-state index contributed by atoms with van der Waals surface area (Å²) in [6.07, 6.45) is 1.85. The SMILES string of the molecule is N#Cc1ccc(CC2(C(=O)O)CCNCC2)cc1. The molecule has 0 atom stereocenters. The van der Waals surface area contributed by atoms with Gasteiger partial charge in [0.05, 0.1) is 17.0 Å². The minimum atomic E-state index is -0.714. The number of aliphatic carboxylic acids is 1. The predicted octanol–water partition coefficient (Wildman–Crippen LogP) is 1.56. The smallest absolute Gasteiger partial charge is 0.310 e. The zero-order chi connectivity index (χ0) is 13.0. The van der Waals surface area contributed by atoms with Crippen LogP contribution >= 0.6 is 0 Å². The highest BCUT2D eigenvalue weighted by molar-refractivity contribution is 5.75. The predicted molar refractivity (Wildman–Crippen MR) is 67.0 cm³/mol. The summed E-state index contributed by atoms with van der Waals surface area (Å²) in [5, 5.41) is 21.4. The van der Waals surface area contributed by atoms with E-state index in [1.54, 1.807) is 12.1 Å². The largest absolute Gasteiger partial charge is 0.481 e. The van der Waals surface area contributed by atoms with Crippen LogP contribution in [-0.2, 0) is 11.2 Å². The average Bonchev–Trinajstić information content (AvgIpc) is 2.40. The molecule has 2 rings (SSSR count). The summed E-state index contributed by atoms with van der Waals surface area (Å²) < 4.78 is 0. The van der Waals surface area contributed by atoms with Gasteiger partial charge in [-0.2, -0.15) is 5.26 Å². The average molecular weight is 244 g/mol. The van der Waals surface area contributed by atoms with Crippen molar-refractivity contribution in [2.75, 3.05) is 13.1 Å². The summed E-state index contributed by atoms with van der Waals surface area (Å²) in [4.78, 5) is 11.5. The Morgan fingerprint density at radius 3 is 2.44 bits per heavy atom. The van der Waals surface area contributed by atoms with E-state index in [-0.39, 0.29) is 0 Å². The Morgan fingerprint density at radius 2 is 1.94 bits per heavy atom. The molecular formula is C14H16N2O2. The fraction of sp³-hybridized carbons (Fsp3) is 0.429. The summed E-state index contributed by atoms with van der Waals surface area (Å²) in [6, 6.07) is 9.25. The lowest BCUT2D eigenvalue weighted by molar-refractivity contribution is -0.150. The Labute approximate surface area is 106 Å². The molecule has 1 saturated heterocycles. The first-order valence-corrected chi connectivity index (χ1v) is 6.09. The van der Waals surface area contributed by atoms with Crippen LogP contribution in [0.15, 0.2) is 24.3 Å². The lowest BCUT2D eigenvalue weighted by atomic mass is 9.74. The van der Waals surface area contributed by atoms with Gasteiger partial charge in [-0.25, -0.2) is 0 Å². The number of piperidine rings is 1. The highest BCUT2D eigenvalue weighted by Gasteiger charge is 2.39. The summed E-state index contributed by atoms with van der Waals surface area (Å²) in [7, 11) is 0. The molecule has 0 radical (unpaired) electrons. The number of hydrogen-bond donors (Lipinski definition) is 2. The molecule has 0 unspecified atom stereocenters. The standard InChI is InChI=1S/C14H16N2O2/c15-10-12-3-1-11(2-4-12)9-14(13(17)18)5-7-16-8-6-14/h1-4,16H,5-9H2,(H,17,18). The molecule has 94 valence electrons. The van der Waals surface area contributed by atoms with Gasteiger partial charge in [0, 0.05) is 0 Å². The molecule has 1 aromatic rings. The number of benzene rings is 1. The van der Waals surface area contributed by atoms with Gasteiger partial charge in [0.25, 0.3) is 0 Å². The molecule has 1 aliphatic heterocycles. The molecule has 0 aromatic heterocycles. The van der Waals surface area contributed by atoms with Gasteiger partial charge in [0.2, 0.25) is 0 Å². The maximum atomic E-state index is 11.5. The lowest BCUT2D eigenvalue weighted by Gasteiger charge is -2.33. The highest BCUT2D eigenvalue weighted by atomic mass is 16.4. The Bertz CT molecular complexity index is 468. The van der Waals surface area contributed by atoms with E-state index in [9.17, 15) is 9.90 Å². The molecule has 1 fully saturated rings. The third-order valence-electron chi connectivity index (χ3n) is 3.64. The van der Waals surface area contributed by atoms with Crippen molar-refractivity contribution in [2.45, 2.75) is 19.3 Å². The van der Waals surface area contributed by atoms with E-state index < -0.39 is 11.4 Å². The quantitative estimate of drug-likeness (QED) is 0.846. The number of nitrogens with zero attached hydrogens (tertiary/aromatic N) is 1. The van der Waals surface area contributed by atoms with Crippen molar-refractivity contribution in [1.29, 1.82) is 5.26 Å². The number of carboxylic acids is 1. The molecule has 0 amide bonds. The van der Waals surface area contributed by atoms with Gasteiger partial charge in [0.1, 0.15) is 0 Å². The highest BCUT2D eigenvalue weighted by Crippen LogP contribution is 2.33. The first-order chi connectivity index (χ1) is 8.66. The van der Waals surface area contributed by atoms with E-state index in [1.165, 1.54) is 0 Å². The van der Waals surface area contributed by atoms with Crippen molar-refractivity contribution in [3.05, 3.63) is 35.4 Å². The molecule has 18 heavy (non-hydrogen) atoms. The maximum Gasteiger partial charge on any atom is 0.310 e. The van der Waals surface area contributed by atoms with E-state index >= 15 is 0 Å². The summed E-state index contributed by atoms with van der Waals surface area (Å²) in [5.74, 6) is -0.714. The van der Waals surface area contributed by atoms with E-state index in [1.807, 2.05) is 12.1 Å². The van der Waals surface area contributed by atoms with Gasteiger partial charge >= 0.3 is 5.97 Å². The van der Waals surface area contributed by atoms with Crippen LogP contribution in [0.1, 0.15) is 24.0 Å². The van der Waals surface area contributed by atoms with Crippen LogP contribution in [0.2, 0.25) is 0 Å². The first kappa shape index (κ1) is 12.6. The Balaban J connectivity index is 2.18. The van der Waals surface area contributed by atoms with E-state index in [0.29, 0.717) is 24.8 Å². The molecule has 0 spiro atoms. The number of rotatable bonds is 3. The maximum absolute atomic E-state index is 11.5. The van der Waals surface area contributed by atoms with E-state index in [0.717, 1.165) is 18.7 Å². The van der Waals surface area contributed by atoms with Crippen molar-refractivity contribution >= 4 is 5.97 Å². The Hall–Kier alpha value is -1.86. The third-order valence-corrected chi connectivity index (χ3v) is 3.64. The van der Waals surface area contributed by atoms with Crippen molar-refractivity contribution in [2.24, 2.45) is 5.41 Å². The summed E-state index contributed by atoms with van der Waals surface area (Å²) in [5.41, 5.74) is 0.936. The second-order valence-electron chi connectivity index (χ2n) is 4.82. The van der Waals surface area contributed by atoms with Crippen molar-refractivity contribution in [3.63, 3.8) is 0 Å². The van der Waals surface area contributed by atoms with Crippen LogP contribution in [0.3, 0.4) is 0 Å². The zero-order valence-corrected chi connectivity index (χ0v) is 10.1. The van der Waals surface area contributed by atoms with Gasteiger partial charge < -0.3 is 10.4 Å². The topological polar surface area (TPSA) is 73.1 Å². The first-order valence-electron chi connectivity index (χ1n) is 6.09. The van der Waals surface area contributed by atoms with Crippen molar-refractivity contribution in [1.82, 2.24) is 5.32 Å². The Morgan fingerprint density at radius 1 is 1.33 bits per heavy atom. The third kappa shape index (κ3) is 2.52. The Kier molecular flexibility index (Phi) is 3.63. The van der Waals surface area contributed by atoms with E-state index in [2.05, 4.69) is 11.4 Å². The van der Waals surface area contributed by atoms with Crippen LogP contribution in [0.5, 0.6) is 0 Å². The molecule has 0 saturated carbocycles. The number of carboxylic acid groups (broad SMARTS) is 1. The summed E-state index contributed by atoms with van der Waals surface area (Å²) in [6.45, 7) is 1.51. The second-order valence-corrected chi connectivity index (χ2v) is 4.82. The molecule has 4 nitrogen and oxygen atoms in total. The second kappa shape index (κ2) is 5.19. The fourth-order valence-electron chi connectivity index (χ4n) is 2.46. The lowest BCUT2D eigenvalue weighted by Crippen LogP contribution is -2.43. The van der Waals surface area contributed by atoms with Crippen LogP contribution in [0.4, 0.5) is 0 Å². The van der Waals surface area contributed by atoms with Crippen LogP contribution in [0, 0.1) is 16.7 Å². The van der Waals surface area contributed by atoms with Gasteiger partial charge in [-0.3, -0.25) is 4.79 Å². The van der Waals surface area contributed by atoms with Gasteiger partial charge in [-0.15, -0.1) is 0 Å². The van der Waals surface area contributed by atoms with Gasteiger partial charge in [-0.05, 0) is 50.0 Å². The number of nitriles is 1. The zero-order valence-electron chi connectivity index (χ0n) is 10.1. The molecule has 2 N–H and O–H groups in total. The fourth-order valence-corrected chi connectivity index (χ4v) is 2.46. The molecule has 0 bridgehead atoms. The molecule has 1 aromatic carbocycles. The van der Waals surface area contributed by atoms with Crippen molar-refractivity contribution in [3.8, 4) is 6.07 Å². The van der Waals surface area contributed by atoms with E-state index in [4.69, 9.17) is 5.26 Å². The van der Waals surface area contributed by atoms with Crippen molar-refractivity contribution < 1.29 is 9.90 Å². The van der Waals surface area contributed by atoms with Gasteiger partial charge in [-0.1, -0.05) is 12.1 Å².